The van der Waals surface area contributed by atoms with Crippen LogP contribution in [0.25, 0.3) is 22.0 Å². The van der Waals surface area contributed by atoms with Crippen LogP contribution < -0.4 is 19.1 Å². The molecule has 4 atom stereocenters. The summed E-state index contributed by atoms with van der Waals surface area (Å²) in [6.45, 7) is 2.79. The van der Waals surface area contributed by atoms with E-state index in [1.165, 1.54) is 31.1 Å². The molecular weight excluding hydrogens is 749 g/mol. The van der Waals surface area contributed by atoms with Crippen molar-refractivity contribution in [1.29, 1.82) is 0 Å². The van der Waals surface area contributed by atoms with Crippen LogP contribution in [0.2, 0.25) is 5.02 Å². The molecule has 0 spiro atoms. The molecule has 1 amide bonds. The number of hydrogen-bond acceptors (Lipinski definition) is 8. The first-order valence-corrected chi connectivity index (χ1v) is 18.6. The average molecular weight is 788 g/mol. The Bertz CT molecular complexity index is 2130. The van der Waals surface area contributed by atoms with Crippen LogP contribution in [0, 0.1) is 12.7 Å². The third-order valence-electron chi connectivity index (χ3n) is 11.5. The second-order valence-electron chi connectivity index (χ2n) is 14.9. The minimum Gasteiger partial charge on any atom is -0.497 e. The SMILES string of the molecule is COc1ccc(COc2cc(C)c(C(F)(F)F)c(-c3c(Cl)cc4c(N5CC6CCC(C5)N6C(=O)O)nc(OC[C@@]56CCCN5C[C@H](F)C6)nc4c3F)c2)cc1. The zero-order valence-corrected chi connectivity index (χ0v) is 30.9. The number of alkyl halides is 4. The third-order valence-corrected chi connectivity index (χ3v) is 11.8. The normalized spacial score (nSPS) is 23.7. The summed E-state index contributed by atoms with van der Waals surface area (Å²) >= 11 is 6.79. The molecule has 4 saturated heterocycles. The van der Waals surface area contributed by atoms with E-state index in [1.807, 2.05) is 9.80 Å². The number of nitrogens with zero attached hydrogens (tertiary/aromatic N) is 5. The Kier molecular flexibility index (Phi) is 9.59. The van der Waals surface area contributed by atoms with Crippen LogP contribution in [0.4, 0.5) is 32.6 Å². The van der Waals surface area contributed by atoms with Gasteiger partial charge in [0, 0.05) is 42.6 Å². The Morgan fingerprint density at radius 1 is 1.04 bits per heavy atom. The highest BCUT2D eigenvalue weighted by Gasteiger charge is 2.50. The van der Waals surface area contributed by atoms with Crippen molar-refractivity contribution in [2.75, 3.05) is 44.8 Å². The van der Waals surface area contributed by atoms with Crippen molar-refractivity contribution in [3.8, 4) is 28.6 Å². The summed E-state index contributed by atoms with van der Waals surface area (Å²) < 4.78 is 93.5. The predicted octanol–water partition coefficient (Wildman–Crippen LogP) is 8.29. The first-order valence-electron chi connectivity index (χ1n) is 18.2. The molecule has 8 rings (SSSR count). The highest BCUT2D eigenvalue weighted by Crippen LogP contribution is 2.47. The van der Waals surface area contributed by atoms with Crippen LogP contribution in [0.3, 0.4) is 0 Å². The molecule has 4 aliphatic heterocycles. The van der Waals surface area contributed by atoms with Crippen molar-refractivity contribution >= 4 is 34.4 Å². The number of rotatable bonds is 9. The van der Waals surface area contributed by atoms with Gasteiger partial charge in [-0.3, -0.25) is 9.80 Å². The van der Waals surface area contributed by atoms with Gasteiger partial charge in [0.2, 0.25) is 0 Å². The molecule has 0 aliphatic carbocycles. The second-order valence-corrected chi connectivity index (χ2v) is 15.3. The number of carboxylic acid groups (broad SMARTS) is 1. The van der Waals surface area contributed by atoms with E-state index < -0.39 is 46.5 Å². The average Bonchev–Trinajstić information content (AvgIpc) is 3.76. The Labute approximate surface area is 318 Å². The summed E-state index contributed by atoms with van der Waals surface area (Å²) in [7, 11) is 1.53. The number of carbonyl (C=O) groups is 1. The molecule has 0 saturated carbocycles. The largest absolute Gasteiger partial charge is 0.497 e. The van der Waals surface area contributed by atoms with Crippen molar-refractivity contribution in [3.63, 3.8) is 0 Å². The standard InChI is InChI=1S/C39H39ClF5N5O5/c1-21-12-27(54-19-22-4-8-26(53-2)9-5-22)13-28(32(21)39(43,44)45)31-30(40)14-29-34(33(31)42)46-36(55-20-38-10-3-11-49(38)16-23(41)15-38)47-35(29)48-17-24-6-7-25(18-48)50(24)37(51)52/h4-5,8-9,12-14,23-25H,3,6-7,10-11,15-20H2,1-2H3,(H,51,52)/t23-,24?,25?,38+/m1/s1. The Hall–Kier alpha value is -4.63. The molecule has 16 heteroatoms. The molecule has 3 aromatic carbocycles. The molecule has 1 N–H and O–H groups in total. The molecule has 2 unspecified atom stereocenters. The van der Waals surface area contributed by atoms with E-state index in [0.717, 1.165) is 18.1 Å². The summed E-state index contributed by atoms with van der Waals surface area (Å²) in [5.41, 5.74) is -2.52. The highest BCUT2D eigenvalue weighted by atomic mass is 35.5. The Morgan fingerprint density at radius 2 is 1.76 bits per heavy atom. The van der Waals surface area contributed by atoms with Gasteiger partial charge in [0.25, 0.3) is 0 Å². The van der Waals surface area contributed by atoms with Crippen LogP contribution in [0.1, 0.15) is 48.8 Å². The van der Waals surface area contributed by atoms with Gasteiger partial charge < -0.3 is 24.2 Å². The zero-order valence-electron chi connectivity index (χ0n) is 30.1. The minimum atomic E-state index is -4.89. The van der Waals surface area contributed by atoms with E-state index in [9.17, 15) is 27.5 Å². The molecule has 5 heterocycles. The maximum atomic E-state index is 17.2. The molecule has 2 bridgehead atoms. The summed E-state index contributed by atoms with van der Waals surface area (Å²) in [5.74, 6) is -0.214. The molecule has 292 valence electrons. The smallest absolute Gasteiger partial charge is 0.417 e. The monoisotopic (exact) mass is 787 g/mol. The number of halogens is 6. The van der Waals surface area contributed by atoms with Gasteiger partial charge in [0.1, 0.15) is 42.2 Å². The van der Waals surface area contributed by atoms with Gasteiger partial charge in [-0.05, 0) is 80.6 Å². The van der Waals surface area contributed by atoms with Crippen molar-refractivity contribution in [1.82, 2.24) is 19.8 Å². The van der Waals surface area contributed by atoms with Gasteiger partial charge in [0.05, 0.1) is 35.3 Å². The summed E-state index contributed by atoms with van der Waals surface area (Å²) in [4.78, 5) is 26.5. The fraction of sp³-hybridized carbons (Fsp3) is 0.462. The predicted molar refractivity (Wildman–Crippen MR) is 194 cm³/mol. The van der Waals surface area contributed by atoms with Gasteiger partial charge in [0.15, 0.2) is 5.82 Å². The van der Waals surface area contributed by atoms with Crippen LogP contribution in [-0.4, -0.2) is 94.7 Å². The van der Waals surface area contributed by atoms with Gasteiger partial charge in [-0.15, -0.1) is 0 Å². The van der Waals surface area contributed by atoms with Gasteiger partial charge in [-0.25, -0.2) is 13.6 Å². The van der Waals surface area contributed by atoms with E-state index in [-0.39, 0.29) is 90.4 Å². The fourth-order valence-corrected chi connectivity index (χ4v) is 9.34. The lowest BCUT2D eigenvalue weighted by Crippen LogP contribution is -2.55. The van der Waals surface area contributed by atoms with Crippen LogP contribution in [0.5, 0.6) is 17.5 Å². The van der Waals surface area contributed by atoms with E-state index in [1.54, 1.807) is 24.3 Å². The molecule has 4 aromatic rings. The van der Waals surface area contributed by atoms with Gasteiger partial charge in [-0.1, -0.05) is 23.7 Å². The number of piperazine rings is 1. The number of aromatic nitrogens is 2. The number of methoxy groups -OCH3 is 1. The van der Waals surface area contributed by atoms with Crippen molar-refractivity contribution in [3.05, 3.63) is 70.0 Å². The third kappa shape index (κ3) is 6.83. The lowest BCUT2D eigenvalue weighted by Gasteiger charge is -2.40. The number of ether oxygens (including phenoxy) is 3. The number of amides is 1. The second kappa shape index (κ2) is 14.1. The van der Waals surface area contributed by atoms with E-state index in [0.29, 0.717) is 31.6 Å². The lowest BCUT2D eigenvalue weighted by atomic mass is 9.93. The van der Waals surface area contributed by atoms with Crippen molar-refractivity contribution in [2.24, 2.45) is 0 Å². The zero-order chi connectivity index (χ0) is 38.8. The molecular formula is C39H39ClF5N5O5. The van der Waals surface area contributed by atoms with Crippen LogP contribution in [-0.2, 0) is 12.8 Å². The number of fused-ring (bicyclic) bond motifs is 4. The van der Waals surface area contributed by atoms with Crippen LogP contribution >= 0.6 is 11.6 Å². The number of benzene rings is 3. The first kappa shape index (κ1) is 37.3. The topological polar surface area (TPSA) is 100 Å². The summed E-state index contributed by atoms with van der Waals surface area (Å²) in [5, 5.41) is 9.69. The number of aryl methyl sites for hydroxylation is 1. The van der Waals surface area contributed by atoms with Crippen molar-refractivity contribution < 1.29 is 46.1 Å². The summed E-state index contributed by atoms with van der Waals surface area (Å²) in [6.07, 6.45) is -3.89. The number of anilines is 1. The number of hydrogen-bond donors (Lipinski definition) is 1. The van der Waals surface area contributed by atoms with E-state index >= 15 is 4.39 Å². The Morgan fingerprint density at radius 3 is 2.44 bits per heavy atom. The summed E-state index contributed by atoms with van der Waals surface area (Å²) in [6, 6.07) is 9.76. The molecule has 1 aromatic heterocycles. The molecule has 10 nitrogen and oxygen atoms in total. The van der Waals surface area contributed by atoms with Crippen molar-refractivity contribution in [2.45, 2.75) is 75.6 Å². The Balaban J connectivity index is 1.23. The quantitative estimate of drug-likeness (QED) is 0.168. The first-order chi connectivity index (χ1) is 26.2. The lowest BCUT2D eigenvalue weighted by molar-refractivity contribution is -0.137. The van der Waals surface area contributed by atoms with Gasteiger partial charge in [-0.2, -0.15) is 23.1 Å². The maximum Gasteiger partial charge on any atom is 0.417 e. The molecule has 55 heavy (non-hydrogen) atoms. The van der Waals surface area contributed by atoms with Crippen LogP contribution in [0.15, 0.2) is 42.5 Å². The highest BCUT2D eigenvalue weighted by molar-refractivity contribution is 6.34. The van der Waals surface area contributed by atoms with E-state index in [2.05, 4.69) is 4.98 Å². The van der Waals surface area contributed by atoms with Gasteiger partial charge >= 0.3 is 18.3 Å². The maximum absolute atomic E-state index is 17.2. The molecule has 4 fully saturated rings. The van der Waals surface area contributed by atoms with E-state index in [4.69, 9.17) is 30.8 Å². The molecule has 0 radical (unpaired) electrons. The molecule has 4 aliphatic rings. The fourth-order valence-electron chi connectivity index (χ4n) is 9.05. The minimum absolute atomic E-state index is 0.0126.